The molecule has 106 valence electrons. The molecule has 0 bridgehead atoms. The van der Waals surface area contributed by atoms with E-state index in [0.717, 1.165) is 17.7 Å². The summed E-state index contributed by atoms with van der Waals surface area (Å²) in [5.74, 6) is 0.887. The fourth-order valence-electron chi connectivity index (χ4n) is 2.22. The maximum Gasteiger partial charge on any atom is 0.136 e. The maximum absolute atomic E-state index is 6.06. The summed E-state index contributed by atoms with van der Waals surface area (Å²) in [4.78, 5) is 0. The Morgan fingerprint density at radius 2 is 1.85 bits per heavy atom. The maximum atomic E-state index is 6.06. The summed E-state index contributed by atoms with van der Waals surface area (Å²) in [7, 11) is 0. The molecule has 0 saturated heterocycles. The van der Waals surface area contributed by atoms with Crippen LogP contribution in [0.15, 0.2) is 42.5 Å². The first-order valence-electron chi connectivity index (χ1n) is 7.17. The average Bonchev–Trinajstić information content (AvgIpc) is 2.48. The molecule has 0 aromatic heterocycles. The molecule has 2 nitrogen and oxygen atoms in total. The van der Waals surface area contributed by atoms with E-state index in [9.17, 15) is 0 Å². The van der Waals surface area contributed by atoms with Crippen molar-refractivity contribution in [1.29, 1.82) is 0 Å². The van der Waals surface area contributed by atoms with Crippen molar-refractivity contribution < 1.29 is 4.74 Å². The van der Waals surface area contributed by atoms with Gasteiger partial charge in [0.2, 0.25) is 0 Å². The van der Waals surface area contributed by atoms with E-state index in [-0.39, 0.29) is 6.10 Å². The normalized spacial score (nSPS) is 12.2. The molecular formula is C18H23NO. The molecular weight excluding hydrogens is 246 g/mol. The van der Waals surface area contributed by atoms with Crippen molar-refractivity contribution in [1.82, 2.24) is 0 Å². The molecule has 0 aliphatic rings. The Kier molecular flexibility index (Phi) is 4.80. The Bertz CT molecular complexity index is 577. The van der Waals surface area contributed by atoms with Crippen LogP contribution >= 0.6 is 0 Å². The Labute approximate surface area is 121 Å². The van der Waals surface area contributed by atoms with E-state index >= 15 is 0 Å². The molecule has 0 radical (unpaired) electrons. The average molecular weight is 269 g/mol. The van der Waals surface area contributed by atoms with Gasteiger partial charge in [0.05, 0.1) is 0 Å². The van der Waals surface area contributed by atoms with Gasteiger partial charge in [-0.25, -0.2) is 0 Å². The predicted octanol–water partition coefficient (Wildman–Crippen LogP) is 3.94. The van der Waals surface area contributed by atoms with E-state index in [1.54, 1.807) is 0 Å². The van der Waals surface area contributed by atoms with Crippen LogP contribution in [0.1, 0.15) is 35.3 Å². The van der Waals surface area contributed by atoms with E-state index in [2.05, 4.69) is 51.1 Å². The second-order valence-electron chi connectivity index (χ2n) is 5.19. The third kappa shape index (κ3) is 3.40. The zero-order chi connectivity index (χ0) is 14.5. The third-order valence-corrected chi connectivity index (χ3v) is 3.70. The Morgan fingerprint density at radius 1 is 1.05 bits per heavy atom. The highest BCUT2D eigenvalue weighted by atomic mass is 16.5. The number of hydrogen-bond donors (Lipinski definition) is 1. The predicted molar refractivity (Wildman–Crippen MR) is 84.2 cm³/mol. The molecule has 0 spiro atoms. The van der Waals surface area contributed by atoms with Gasteiger partial charge in [-0.05, 0) is 54.7 Å². The number of ether oxygens (including phenoxy) is 1. The van der Waals surface area contributed by atoms with Crippen LogP contribution in [0.25, 0.3) is 0 Å². The summed E-state index contributed by atoms with van der Waals surface area (Å²) in [5, 5.41) is 0. The number of aryl methyl sites for hydroxylation is 3. The van der Waals surface area contributed by atoms with Crippen molar-refractivity contribution in [2.45, 2.75) is 33.3 Å². The molecule has 2 heteroatoms. The molecule has 1 atom stereocenters. The Morgan fingerprint density at radius 3 is 2.50 bits per heavy atom. The van der Waals surface area contributed by atoms with Crippen LogP contribution in [-0.2, 0) is 6.42 Å². The molecule has 0 amide bonds. The van der Waals surface area contributed by atoms with Gasteiger partial charge >= 0.3 is 0 Å². The SMILES string of the molecule is CCc1cccc(OC(CN)c2ccc(C)c(C)c2)c1. The molecule has 0 aliphatic heterocycles. The molecule has 0 fully saturated rings. The number of benzene rings is 2. The molecule has 2 aromatic rings. The van der Waals surface area contributed by atoms with Gasteiger partial charge in [0.25, 0.3) is 0 Å². The summed E-state index contributed by atoms with van der Waals surface area (Å²) >= 11 is 0. The summed E-state index contributed by atoms with van der Waals surface area (Å²) < 4.78 is 6.06. The summed E-state index contributed by atoms with van der Waals surface area (Å²) in [6.07, 6.45) is 0.912. The minimum atomic E-state index is -0.0959. The van der Waals surface area contributed by atoms with E-state index in [4.69, 9.17) is 10.5 Å². The second kappa shape index (κ2) is 6.58. The topological polar surface area (TPSA) is 35.2 Å². The van der Waals surface area contributed by atoms with Crippen LogP contribution in [0.5, 0.6) is 5.75 Å². The number of rotatable bonds is 5. The second-order valence-corrected chi connectivity index (χ2v) is 5.19. The first-order chi connectivity index (χ1) is 9.63. The van der Waals surface area contributed by atoms with Crippen LogP contribution in [0.3, 0.4) is 0 Å². The Hall–Kier alpha value is -1.80. The zero-order valence-electron chi connectivity index (χ0n) is 12.5. The fourth-order valence-corrected chi connectivity index (χ4v) is 2.22. The fraction of sp³-hybridized carbons (Fsp3) is 0.333. The highest BCUT2D eigenvalue weighted by molar-refractivity contribution is 5.33. The lowest BCUT2D eigenvalue weighted by Crippen LogP contribution is -2.18. The van der Waals surface area contributed by atoms with Crippen molar-refractivity contribution in [2.24, 2.45) is 5.73 Å². The molecule has 0 heterocycles. The van der Waals surface area contributed by atoms with Gasteiger partial charge in [-0.1, -0.05) is 37.3 Å². The van der Waals surface area contributed by atoms with Crippen LogP contribution in [-0.4, -0.2) is 6.54 Å². The smallest absolute Gasteiger partial charge is 0.136 e. The standard InChI is InChI=1S/C18H23NO/c1-4-15-6-5-7-17(11-15)20-18(12-19)16-9-8-13(2)14(3)10-16/h5-11,18H,4,12,19H2,1-3H3. The van der Waals surface area contributed by atoms with Crippen LogP contribution in [0.4, 0.5) is 0 Å². The third-order valence-electron chi connectivity index (χ3n) is 3.70. The Balaban J connectivity index is 2.21. The van der Waals surface area contributed by atoms with Gasteiger partial charge in [-0.15, -0.1) is 0 Å². The first kappa shape index (κ1) is 14.6. The number of hydrogen-bond acceptors (Lipinski definition) is 2. The minimum absolute atomic E-state index is 0.0959. The van der Waals surface area contributed by atoms with E-state index in [1.165, 1.54) is 16.7 Å². The van der Waals surface area contributed by atoms with Crippen molar-refractivity contribution in [2.75, 3.05) is 6.54 Å². The van der Waals surface area contributed by atoms with Crippen molar-refractivity contribution in [3.8, 4) is 5.75 Å². The van der Waals surface area contributed by atoms with Gasteiger partial charge in [0, 0.05) is 6.54 Å². The van der Waals surface area contributed by atoms with Gasteiger partial charge < -0.3 is 10.5 Å². The van der Waals surface area contributed by atoms with Crippen molar-refractivity contribution in [3.63, 3.8) is 0 Å². The molecule has 2 N–H and O–H groups in total. The lowest BCUT2D eigenvalue weighted by molar-refractivity contribution is 0.214. The van der Waals surface area contributed by atoms with Gasteiger partial charge in [-0.3, -0.25) is 0 Å². The lowest BCUT2D eigenvalue weighted by atomic mass is 10.0. The van der Waals surface area contributed by atoms with Crippen LogP contribution < -0.4 is 10.5 Å². The van der Waals surface area contributed by atoms with Crippen LogP contribution in [0.2, 0.25) is 0 Å². The zero-order valence-corrected chi connectivity index (χ0v) is 12.5. The van der Waals surface area contributed by atoms with E-state index in [1.807, 2.05) is 12.1 Å². The molecule has 20 heavy (non-hydrogen) atoms. The van der Waals surface area contributed by atoms with Gasteiger partial charge in [0.15, 0.2) is 0 Å². The van der Waals surface area contributed by atoms with Crippen molar-refractivity contribution in [3.05, 3.63) is 64.7 Å². The highest BCUT2D eigenvalue weighted by Crippen LogP contribution is 2.24. The van der Waals surface area contributed by atoms with Crippen molar-refractivity contribution >= 4 is 0 Å². The largest absolute Gasteiger partial charge is 0.484 e. The molecule has 1 unspecified atom stereocenters. The lowest BCUT2D eigenvalue weighted by Gasteiger charge is -2.19. The van der Waals surface area contributed by atoms with E-state index in [0.29, 0.717) is 6.54 Å². The van der Waals surface area contributed by atoms with Gasteiger partial charge in [-0.2, -0.15) is 0 Å². The van der Waals surface area contributed by atoms with Gasteiger partial charge in [0.1, 0.15) is 11.9 Å². The molecule has 2 rings (SSSR count). The van der Waals surface area contributed by atoms with Crippen LogP contribution in [0, 0.1) is 13.8 Å². The monoisotopic (exact) mass is 269 g/mol. The molecule has 0 saturated carbocycles. The summed E-state index contributed by atoms with van der Waals surface area (Å²) in [6.45, 7) is 6.84. The highest BCUT2D eigenvalue weighted by Gasteiger charge is 2.12. The quantitative estimate of drug-likeness (QED) is 0.892. The number of nitrogens with two attached hydrogens (primary N) is 1. The summed E-state index contributed by atoms with van der Waals surface area (Å²) in [6, 6.07) is 14.6. The summed E-state index contributed by atoms with van der Waals surface area (Å²) in [5.41, 5.74) is 10.9. The minimum Gasteiger partial charge on any atom is -0.484 e. The van der Waals surface area contributed by atoms with E-state index < -0.39 is 0 Å². The first-order valence-corrected chi connectivity index (χ1v) is 7.17. The molecule has 2 aromatic carbocycles. The molecule has 0 aliphatic carbocycles.